The van der Waals surface area contributed by atoms with Crippen molar-refractivity contribution in [2.24, 2.45) is 5.92 Å². The Bertz CT molecular complexity index is 1210. The van der Waals surface area contributed by atoms with Crippen molar-refractivity contribution in [1.29, 1.82) is 0 Å². The van der Waals surface area contributed by atoms with E-state index < -0.39 is 0 Å². The number of piperidine rings is 1. The molecule has 9 heteroatoms. The summed E-state index contributed by atoms with van der Waals surface area (Å²) in [6.07, 6.45) is 5.00. The number of hydrogen-bond donors (Lipinski definition) is 1. The number of fused-ring (bicyclic) bond motifs is 1. The number of benzene rings is 2. The van der Waals surface area contributed by atoms with Gasteiger partial charge in [0.15, 0.2) is 0 Å². The molecule has 0 spiro atoms. The van der Waals surface area contributed by atoms with E-state index in [2.05, 4.69) is 15.3 Å². The summed E-state index contributed by atoms with van der Waals surface area (Å²) in [5, 5.41) is 3.22. The van der Waals surface area contributed by atoms with Gasteiger partial charge in [-0.3, -0.25) is 19.6 Å². The molecule has 0 unspecified atom stereocenters. The Hall–Kier alpha value is -3.59. The minimum Gasteiger partial charge on any atom is -0.432 e. The number of thiocarbonyl (C=S) groups is 1. The monoisotopic (exact) mass is 491 g/mol. The lowest BCUT2D eigenvalue weighted by Gasteiger charge is -2.35. The molecule has 1 saturated heterocycles. The first-order valence-electron chi connectivity index (χ1n) is 11.9. The molecule has 1 fully saturated rings. The van der Waals surface area contributed by atoms with Crippen molar-refractivity contribution in [2.75, 3.05) is 31.5 Å². The summed E-state index contributed by atoms with van der Waals surface area (Å²) in [4.78, 5) is 37.7. The third kappa shape index (κ3) is 5.92. The van der Waals surface area contributed by atoms with Crippen molar-refractivity contribution in [3.8, 4) is 5.75 Å². The first kappa shape index (κ1) is 24.5. The molecule has 2 amide bonds. The van der Waals surface area contributed by atoms with Crippen LogP contribution in [0, 0.1) is 5.92 Å². The molecule has 3 aromatic rings. The van der Waals surface area contributed by atoms with E-state index in [1.54, 1.807) is 48.8 Å². The lowest BCUT2D eigenvalue weighted by atomic mass is 9.97. The molecule has 2 heterocycles. The number of rotatable bonds is 6. The molecule has 0 aliphatic carbocycles. The fourth-order valence-electron chi connectivity index (χ4n) is 4.22. The van der Waals surface area contributed by atoms with Crippen LogP contribution in [0.5, 0.6) is 5.75 Å². The Morgan fingerprint density at radius 3 is 2.51 bits per heavy atom. The number of amides is 2. The van der Waals surface area contributed by atoms with Gasteiger partial charge in [0.2, 0.25) is 5.91 Å². The highest BCUT2D eigenvalue weighted by Crippen LogP contribution is 2.22. The Balaban J connectivity index is 1.34. The third-order valence-electron chi connectivity index (χ3n) is 6.15. The van der Waals surface area contributed by atoms with E-state index in [1.165, 1.54) is 0 Å². The maximum atomic E-state index is 12.8. The van der Waals surface area contributed by atoms with Gasteiger partial charge in [0.1, 0.15) is 5.75 Å². The van der Waals surface area contributed by atoms with Crippen molar-refractivity contribution < 1.29 is 14.3 Å². The van der Waals surface area contributed by atoms with Gasteiger partial charge in [-0.05, 0) is 81.4 Å². The Morgan fingerprint density at radius 1 is 1.09 bits per heavy atom. The van der Waals surface area contributed by atoms with Gasteiger partial charge in [-0.2, -0.15) is 0 Å². The zero-order valence-corrected chi connectivity index (χ0v) is 20.8. The maximum absolute atomic E-state index is 12.8. The SMILES string of the molecule is CCN(CC)C(=O)[C@@H]1CCCN(C(=S)Oc2ccc(C(=O)Nc3ccc4nccnc4c3)cc2)C1. The van der Waals surface area contributed by atoms with Gasteiger partial charge in [0.05, 0.1) is 17.0 Å². The standard InChI is InChI=1S/C26H29N5O3S/c1-3-30(4-2)25(33)19-6-5-15-31(17-19)26(35)34-21-10-7-18(8-11-21)24(32)29-20-9-12-22-23(16-20)28-14-13-27-22/h7-14,16,19H,3-6,15,17H2,1-2H3,(H,29,32)/t19-/m1/s1. The smallest absolute Gasteiger partial charge is 0.264 e. The van der Waals surface area contributed by atoms with Crippen molar-refractivity contribution >= 4 is 45.9 Å². The Kier molecular flexibility index (Phi) is 7.87. The van der Waals surface area contributed by atoms with Crippen molar-refractivity contribution in [1.82, 2.24) is 19.8 Å². The number of ether oxygens (including phenoxy) is 1. The van der Waals surface area contributed by atoms with Gasteiger partial charge < -0.3 is 19.9 Å². The molecule has 1 aromatic heterocycles. The topological polar surface area (TPSA) is 87.7 Å². The molecule has 8 nitrogen and oxygen atoms in total. The number of aromatic nitrogens is 2. The van der Waals surface area contributed by atoms with Crippen LogP contribution in [0.2, 0.25) is 0 Å². The van der Waals surface area contributed by atoms with E-state index in [1.807, 2.05) is 29.7 Å². The molecule has 182 valence electrons. The van der Waals surface area contributed by atoms with Crippen LogP contribution < -0.4 is 10.1 Å². The predicted octanol–water partition coefficient (Wildman–Crippen LogP) is 4.13. The number of hydrogen-bond acceptors (Lipinski definition) is 6. The third-order valence-corrected chi connectivity index (χ3v) is 6.49. The van der Waals surface area contributed by atoms with Gasteiger partial charge in [0, 0.05) is 49.8 Å². The van der Waals surface area contributed by atoms with Crippen LogP contribution in [0.4, 0.5) is 5.69 Å². The molecular formula is C26H29N5O3S. The summed E-state index contributed by atoms with van der Waals surface area (Å²) in [6.45, 7) is 6.73. The second-order valence-corrected chi connectivity index (χ2v) is 8.75. The molecule has 0 bridgehead atoms. The van der Waals surface area contributed by atoms with Crippen LogP contribution in [0.15, 0.2) is 54.9 Å². The van der Waals surface area contributed by atoms with E-state index in [0.29, 0.717) is 47.3 Å². The van der Waals surface area contributed by atoms with Crippen LogP contribution in [-0.4, -0.2) is 62.9 Å². The van der Waals surface area contributed by atoms with Crippen LogP contribution in [0.25, 0.3) is 11.0 Å². The minimum absolute atomic E-state index is 0.0719. The maximum Gasteiger partial charge on any atom is 0.264 e. The molecule has 1 aliphatic rings. The quantitative estimate of drug-likeness (QED) is 0.519. The minimum atomic E-state index is -0.240. The molecule has 0 saturated carbocycles. The predicted molar refractivity (Wildman–Crippen MR) is 139 cm³/mol. The molecule has 1 aliphatic heterocycles. The number of nitrogens with zero attached hydrogens (tertiary/aromatic N) is 4. The van der Waals surface area contributed by atoms with E-state index >= 15 is 0 Å². The highest BCUT2D eigenvalue weighted by Gasteiger charge is 2.30. The number of likely N-dealkylation sites (tertiary alicyclic amines) is 1. The van der Waals surface area contributed by atoms with Crippen molar-refractivity contribution in [3.63, 3.8) is 0 Å². The molecular weight excluding hydrogens is 462 g/mol. The average molecular weight is 492 g/mol. The van der Waals surface area contributed by atoms with Crippen molar-refractivity contribution in [3.05, 3.63) is 60.4 Å². The lowest BCUT2D eigenvalue weighted by Crippen LogP contribution is -2.47. The van der Waals surface area contributed by atoms with E-state index in [9.17, 15) is 9.59 Å². The van der Waals surface area contributed by atoms with E-state index in [0.717, 1.165) is 24.9 Å². The number of anilines is 1. The molecule has 1 atom stereocenters. The summed E-state index contributed by atoms with van der Waals surface area (Å²) in [5.74, 6) is 0.412. The van der Waals surface area contributed by atoms with Crippen LogP contribution in [0.3, 0.4) is 0 Å². The van der Waals surface area contributed by atoms with Crippen molar-refractivity contribution in [2.45, 2.75) is 26.7 Å². The number of carbonyl (C=O) groups is 2. The summed E-state index contributed by atoms with van der Waals surface area (Å²) >= 11 is 5.52. The van der Waals surface area contributed by atoms with Gasteiger partial charge in [-0.1, -0.05) is 0 Å². The van der Waals surface area contributed by atoms with E-state index in [4.69, 9.17) is 17.0 Å². The Labute approximate surface area is 210 Å². The summed E-state index contributed by atoms with van der Waals surface area (Å²) in [5.41, 5.74) is 2.61. The largest absolute Gasteiger partial charge is 0.432 e. The molecule has 2 aromatic carbocycles. The summed E-state index contributed by atoms with van der Waals surface area (Å²) in [7, 11) is 0. The lowest BCUT2D eigenvalue weighted by molar-refractivity contribution is -0.136. The fraction of sp³-hybridized carbons (Fsp3) is 0.346. The first-order chi connectivity index (χ1) is 17.0. The second-order valence-electron chi connectivity index (χ2n) is 8.40. The summed E-state index contributed by atoms with van der Waals surface area (Å²) < 4.78 is 5.88. The highest BCUT2D eigenvalue weighted by atomic mass is 32.1. The Morgan fingerprint density at radius 2 is 1.80 bits per heavy atom. The highest BCUT2D eigenvalue weighted by molar-refractivity contribution is 7.80. The first-order valence-corrected chi connectivity index (χ1v) is 12.3. The molecule has 35 heavy (non-hydrogen) atoms. The zero-order chi connectivity index (χ0) is 24.8. The van der Waals surface area contributed by atoms with Crippen LogP contribution in [0.1, 0.15) is 37.0 Å². The van der Waals surface area contributed by atoms with E-state index in [-0.39, 0.29) is 17.7 Å². The second kappa shape index (κ2) is 11.2. The van der Waals surface area contributed by atoms with Crippen LogP contribution >= 0.6 is 12.2 Å². The summed E-state index contributed by atoms with van der Waals surface area (Å²) in [6, 6.07) is 12.2. The average Bonchev–Trinajstić information content (AvgIpc) is 2.89. The number of nitrogens with one attached hydrogen (secondary N) is 1. The number of carbonyl (C=O) groups excluding carboxylic acids is 2. The van der Waals surface area contributed by atoms with Gasteiger partial charge in [0.25, 0.3) is 11.1 Å². The molecule has 1 N–H and O–H groups in total. The normalized spacial score (nSPS) is 15.5. The zero-order valence-electron chi connectivity index (χ0n) is 19.9. The van der Waals surface area contributed by atoms with Gasteiger partial charge >= 0.3 is 0 Å². The van der Waals surface area contributed by atoms with Crippen LogP contribution in [-0.2, 0) is 4.79 Å². The fourth-order valence-corrected chi connectivity index (χ4v) is 4.48. The molecule has 0 radical (unpaired) electrons. The van der Waals surface area contributed by atoms with Gasteiger partial charge in [-0.25, -0.2) is 0 Å². The molecule has 4 rings (SSSR count). The van der Waals surface area contributed by atoms with Gasteiger partial charge in [-0.15, -0.1) is 0 Å².